The maximum Gasteiger partial charge on any atom is 0.0992 e. The predicted molar refractivity (Wildman–Crippen MR) is 82.0 cm³/mol. The van der Waals surface area contributed by atoms with Crippen LogP contribution < -0.4 is 5.32 Å². The number of anilines is 1. The molecule has 2 nitrogen and oxygen atoms in total. The molecule has 1 saturated carbocycles. The Kier molecular flexibility index (Phi) is 4.96. The molecule has 0 radical (unpaired) electrons. The summed E-state index contributed by atoms with van der Waals surface area (Å²) in [6.45, 7) is 0. The van der Waals surface area contributed by atoms with Crippen LogP contribution in [0, 0.1) is 11.3 Å². The second-order valence-electron chi connectivity index (χ2n) is 4.71. The Bertz CT molecular complexity index is 456. The van der Waals surface area contributed by atoms with Crippen LogP contribution in [0.15, 0.2) is 22.7 Å². The average Bonchev–Trinajstić information content (AvgIpc) is 2.38. The second-order valence-corrected chi connectivity index (χ2v) is 6.76. The molecule has 0 heterocycles. The molecule has 0 bridgehead atoms. The van der Waals surface area contributed by atoms with E-state index in [1.807, 2.05) is 30.0 Å². The minimum atomic E-state index is 0.539. The minimum Gasteiger partial charge on any atom is -0.382 e. The summed E-state index contributed by atoms with van der Waals surface area (Å²) in [5, 5.41) is 13.3. The third-order valence-corrected chi connectivity index (χ3v) is 4.91. The van der Waals surface area contributed by atoms with Crippen molar-refractivity contribution in [2.45, 2.75) is 37.0 Å². The highest BCUT2D eigenvalue weighted by Crippen LogP contribution is 2.29. The Morgan fingerprint density at radius 1 is 1.39 bits per heavy atom. The van der Waals surface area contributed by atoms with Crippen molar-refractivity contribution < 1.29 is 0 Å². The van der Waals surface area contributed by atoms with Gasteiger partial charge in [-0.25, -0.2) is 0 Å². The van der Waals surface area contributed by atoms with Gasteiger partial charge in [-0.05, 0) is 43.7 Å². The zero-order chi connectivity index (χ0) is 13.0. The SMILES string of the molecule is CSC1CCCC(Nc2cc(Br)cc(C#N)c2)C1. The summed E-state index contributed by atoms with van der Waals surface area (Å²) >= 11 is 5.42. The topological polar surface area (TPSA) is 35.8 Å². The highest BCUT2D eigenvalue weighted by molar-refractivity contribution is 9.10. The van der Waals surface area contributed by atoms with Crippen LogP contribution in [0.1, 0.15) is 31.2 Å². The van der Waals surface area contributed by atoms with Gasteiger partial charge < -0.3 is 5.32 Å². The summed E-state index contributed by atoms with van der Waals surface area (Å²) in [6.07, 6.45) is 7.27. The van der Waals surface area contributed by atoms with E-state index in [-0.39, 0.29) is 0 Å². The van der Waals surface area contributed by atoms with Crippen LogP contribution >= 0.6 is 27.7 Å². The average molecular weight is 325 g/mol. The summed E-state index contributed by atoms with van der Waals surface area (Å²) < 4.78 is 0.960. The van der Waals surface area contributed by atoms with Crippen LogP contribution in [0.4, 0.5) is 5.69 Å². The first-order chi connectivity index (χ1) is 8.71. The van der Waals surface area contributed by atoms with Crippen LogP contribution in [0.3, 0.4) is 0 Å². The van der Waals surface area contributed by atoms with E-state index in [4.69, 9.17) is 5.26 Å². The van der Waals surface area contributed by atoms with Gasteiger partial charge in [-0.15, -0.1) is 0 Å². The Hall–Kier alpha value is -0.660. The number of nitriles is 1. The van der Waals surface area contributed by atoms with E-state index in [1.165, 1.54) is 25.7 Å². The number of nitrogens with one attached hydrogen (secondary N) is 1. The van der Waals surface area contributed by atoms with E-state index >= 15 is 0 Å². The van der Waals surface area contributed by atoms with Crippen molar-refractivity contribution in [3.8, 4) is 6.07 Å². The number of nitrogens with zero attached hydrogens (tertiary/aromatic N) is 1. The van der Waals surface area contributed by atoms with Crippen LogP contribution in [0.2, 0.25) is 0 Å². The summed E-state index contributed by atoms with van der Waals surface area (Å²) in [6, 6.07) is 8.54. The van der Waals surface area contributed by atoms with Gasteiger partial charge in [0.25, 0.3) is 0 Å². The first kappa shape index (κ1) is 13.8. The smallest absolute Gasteiger partial charge is 0.0992 e. The zero-order valence-corrected chi connectivity index (χ0v) is 12.9. The predicted octanol–water partition coefficient (Wildman–Crippen LogP) is 4.41. The first-order valence-corrected chi connectivity index (χ1v) is 8.29. The van der Waals surface area contributed by atoms with Crippen molar-refractivity contribution in [1.82, 2.24) is 0 Å². The van der Waals surface area contributed by atoms with Gasteiger partial charge in [0.2, 0.25) is 0 Å². The molecule has 1 N–H and O–H groups in total. The molecule has 1 fully saturated rings. The summed E-state index contributed by atoms with van der Waals surface area (Å²) in [4.78, 5) is 0. The fourth-order valence-electron chi connectivity index (χ4n) is 2.46. The summed E-state index contributed by atoms with van der Waals surface area (Å²) in [5.41, 5.74) is 1.75. The Morgan fingerprint density at radius 3 is 2.94 bits per heavy atom. The lowest BCUT2D eigenvalue weighted by atomic mass is 9.94. The number of halogens is 1. The molecule has 2 atom stereocenters. The number of thioether (sulfide) groups is 1. The van der Waals surface area contributed by atoms with Crippen molar-refractivity contribution in [2.24, 2.45) is 0 Å². The lowest BCUT2D eigenvalue weighted by Gasteiger charge is -2.29. The van der Waals surface area contributed by atoms with Gasteiger partial charge in [-0.3, -0.25) is 0 Å². The molecule has 2 rings (SSSR count). The van der Waals surface area contributed by atoms with Gasteiger partial charge in [0.15, 0.2) is 0 Å². The Morgan fingerprint density at radius 2 is 2.22 bits per heavy atom. The molecule has 4 heteroatoms. The highest BCUT2D eigenvalue weighted by Gasteiger charge is 2.21. The van der Waals surface area contributed by atoms with E-state index in [1.54, 1.807) is 0 Å². The first-order valence-electron chi connectivity index (χ1n) is 6.21. The molecular weight excluding hydrogens is 308 g/mol. The minimum absolute atomic E-state index is 0.539. The van der Waals surface area contributed by atoms with Gasteiger partial charge in [-0.1, -0.05) is 22.4 Å². The lowest BCUT2D eigenvalue weighted by molar-refractivity contribution is 0.473. The van der Waals surface area contributed by atoms with Crippen LogP contribution in [-0.4, -0.2) is 17.5 Å². The molecule has 0 amide bonds. The molecular formula is C14H17BrN2S. The van der Waals surface area contributed by atoms with Gasteiger partial charge >= 0.3 is 0 Å². The van der Waals surface area contributed by atoms with E-state index in [2.05, 4.69) is 33.6 Å². The fraction of sp³-hybridized carbons (Fsp3) is 0.500. The van der Waals surface area contributed by atoms with Crippen molar-refractivity contribution in [1.29, 1.82) is 5.26 Å². The number of hydrogen-bond acceptors (Lipinski definition) is 3. The summed E-state index contributed by atoms with van der Waals surface area (Å²) in [5.74, 6) is 0. The molecule has 0 aliphatic heterocycles. The summed E-state index contributed by atoms with van der Waals surface area (Å²) in [7, 11) is 0. The van der Waals surface area contributed by atoms with E-state index < -0.39 is 0 Å². The zero-order valence-electron chi connectivity index (χ0n) is 10.4. The largest absolute Gasteiger partial charge is 0.382 e. The van der Waals surface area contributed by atoms with Gasteiger partial charge in [0, 0.05) is 21.5 Å². The number of benzene rings is 1. The van der Waals surface area contributed by atoms with E-state index in [0.29, 0.717) is 11.6 Å². The monoisotopic (exact) mass is 324 g/mol. The molecule has 1 aliphatic rings. The maximum absolute atomic E-state index is 8.97. The van der Waals surface area contributed by atoms with Crippen molar-refractivity contribution in [3.05, 3.63) is 28.2 Å². The molecule has 18 heavy (non-hydrogen) atoms. The molecule has 0 spiro atoms. The molecule has 1 aliphatic carbocycles. The molecule has 0 saturated heterocycles. The normalized spacial score (nSPS) is 23.4. The van der Waals surface area contributed by atoms with Crippen molar-refractivity contribution >= 4 is 33.4 Å². The Labute approximate surface area is 121 Å². The second kappa shape index (κ2) is 6.49. The number of rotatable bonds is 3. The standard InChI is InChI=1S/C14H17BrN2S/c1-18-14-4-2-3-12(8-14)17-13-6-10(9-16)5-11(15)7-13/h5-7,12,14,17H,2-4,8H2,1H3. The molecule has 0 aromatic heterocycles. The van der Waals surface area contributed by atoms with Crippen LogP contribution in [-0.2, 0) is 0 Å². The molecule has 1 aromatic carbocycles. The van der Waals surface area contributed by atoms with Gasteiger partial charge in [-0.2, -0.15) is 17.0 Å². The van der Waals surface area contributed by atoms with Crippen molar-refractivity contribution in [3.63, 3.8) is 0 Å². The highest BCUT2D eigenvalue weighted by atomic mass is 79.9. The van der Waals surface area contributed by atoms with E-state index in [0.717, 1.165) is 15.4 Å². The Balaban J connectivity index is 2.05. The quantitative estimate of drug-likeness (QED) is 0.894. The van der Waals surface area contributed by atoms with Gasteiger partial charge in [0.05, 0.1) is 11.6 Å². The molecule has 2 unspecified atom stereocenters. The maximum atomic E-state index is 8.97. The van der Waals surface area contributed by atoms with E-state index in [9.17, 15) is 0 Å². The third-order valence-electron chi connectivity index (χ3n) is 3.36. The third kappa shape index (κ3) is 3.66. The molecule has 1 aromatic rings. The van der Waals surface area contributed by atoms with Crippen LogP contribution in [0.25, 0.3) is 0 Å². The fourth-order valence-corrected chi connectivity index (χ4v) is 3.78. The van der Waals surface area contributed by atoms with Crippen molar-refractivity contribution in [2.75, 3.05) is 11.6 Å². The van der Waals surface area contributed by atoms with Gasteiger partial charge in [0.1, 0.15) is 0 Å². The van der Waals surface area contributed by atoms with Crippen LogP contribution in [0.5, 0.6) is 0 Å². The lowest BCUT2D eigenvalue weighted by Crippen LogP contribution is -2.28. The molecule has 96 valence electrons. The number of hydrogen-bond donors (Lipinski definition) is 1.